The van der Waals surface area contributed by atoms with Crippen molar-refractivity contribution in [3.8, 4) is 0 Å². The lowest BCUT2D eigenvalue weighted by molar-refractivity contribution is -0.127. The number of hydrogen-bond acceptors (Lipinski definition) is 2. The van der Waals surface area contributed by atoms with Gasteiger partial charge in [0.1, 0.15) is 0 Å². The Morgan fingerprint density at radius 1 is 1.12 bits per heavy atom. The van der Waals surface area contributed by atoms with Crippen LogP contribution in [-0.4, -0.2) is 28.8 Å². The molecule has 2 nitrogen and oxygen atoms in total. The van der Waals surface area contributed by atoms with Crippen molar-refractivity contribution in [3.63, 3.8) is 0 Å². The molecule has 3 atom stereocenters. The third-order valence-electron chi connectivity index (χ3n) is 4.63. The Labute approximate surface area is 106 Å². The van der Waals surface area contributed by atoms with Crippen molar-refractivity contribution in [2.45, 2.75) is 77.9 Å². The van der Waals surface area contributed by atoms with Gasteiger partial charge in [0.25, 0.3) is 0 Å². The third kappa shape index (κ3) is 2.42. The van der Waals surface area contributed by atoms with Gasteiger partial charge in [-0.1, -0.05) is 26.7 Å². The molecule has 0 aromatic carbocycles. The number of Topliss-reactive ketones (excluding diaryl/α,β-unsaturated/α-hetero) is 1. The minimum atomic E-state index is 0.182. The van der Waals surface area contributed by atoms with Gasteiger partial charge in [0, 0.05) is 18.0 Å². The van der Waals surface area contributed by atoms with Gasteiger partial charge in [-0.05, 0) is 39.0 Å². The van der Waals surface area contributed by atoms with Crippen molar-refractivity contribution in [2.24, 2.45) is 11.8 Å². The van der Waals surface area contributed by atoms with Gasteiger partial charge >= 0.3 is 0 Å². The van der Waals surface area contributed by atoms with Crippen LogP contribution in [0.25, 0.3) is 0 Å². The highest BCUT2D eigenvalue weighted by Gasteiger charge is 2.45. The van der Waals surface area contributed by atoms with E-state index in [4.69, 9.17) is 0 Å². The molecule has 0 amide bonds. The maximum Gasteiger partial charge on any atom is 0.152 e. The molecule has 0 bridgehead atoms. The van der Waals surface area contributed by atoms with E-state index in [0.717, 1.165) is 12.3 Å². The Balaban J connectivity index is 2.18. The lowest BCUT2D eigenvalue weighted by Gasteiger charge is -2.36. The summed E-state index contributed by atoms with van der Waals surface area (Å²) in [6.45, 7) is 8.58. The number of fused-ring (bicyclic) bond motifs is 1. The second-order valence-electron chi connectivity index (χ2n) is 6.46. The normalized spacial score (nSPS) is 34.4. The van der Waals surface area contributed by atoms with Gasteiger partial charge in [0.2, 0.25) is 0 Å². The van der Waals surface area contributed by atoms with Crippen LogP contribution in [0.5, 0.6) is 0 Å². The summed E-state index contributed by atoms with van der Waals surface area (Å²) < 4.78 is 0. The topological polar surface area (TPSA) is 20.3 Å². The molecule has 3 unspecified atom stereocenters. The zero-order chi connectivity index (χ0) is 12.6. The molecule has 2 rings (SSSR count). The Kier molecular flexibility index (Phi) is 3.92. The Morgan fingerprint density at radius 2 is 1.76 bits per heavy atom. The van der Waals surface area contributed by atoms with E-state index in [1.807, 2.05) is 13.8 Å². The minimum Gasteiger partial charge on any atom is -0.298 e. The zero-order valence-electron chi connectivity index (χ0n) is 11.8. The minimum absolute atomic E-state index is 0.182. The van der Waals surface area contributed by atoms with E-state index in [1.54, 1.807) is 0 Å². The first kappa shape index (κ1) is 13.1. The van der Waals surface area contributed by atoms with Gasteiger partial charge < -0.3 is 0 Å². The summed E-state index contributed by atoms with van der Waals surface area (Å²) in [5, 5.41) is 0. The SMILES string of the molecule is CC(C)C(=O)C1CC2CCCCC2N1C(C)C. The van der Waals surface area contributed by atoms with Gasteiger partial charge in [-0.25, -0.2) is 0 Å². The second-order valence-corrected chi connectivity index (χ2v) is 6.46. The first-order valence-corrected chi connectivity index (χ1v) is 7.33. The molecule has 1 saturated carbocycles. The van der Waals surface area contributed by atoms with Crippen molar-refractivity contribution < 1.29 is 4.79 Å². The standard InChI is InChI=1S/C15H27NO/c1-10(2)15(17)14-9-12-7-5-6-8-13(12)16(14)11(3)4/h10-14H,5-9H2,1-4H3. The number of hydrogen-bond donors (Lipinski definition) is 0. The first-order chi connectivity index (χ1) is 8.02. The molecular weight excluding hydrogens is 210 g/mol. The number of carbonyl (C=O) groups is 1. The molecular formula is C15H27NO. The molecule has 1 heterocycles. The molecule has 1 aliphatic carbocycles. The predicted molar refractivity (Wildman–Crippen MR) is 71.0 cm³/mol. The average Bonchev–Trinajstić information content (AvgIpc) is 2.66. The van der Waals surface area contributed by atoms with E-state index in [1.165, 1.54) is 25.7 Å². The van der Waals surface area contributed by atoms with E-state index in [9.17, 15) is 4.79 Å². The maximum absolute atomic E-state index is 12.4. The number of ketones is 1. The van der Waals surface area contributed by atoms with Crippen LogP contribution in [0.3, 0.4) is 0 Å². The molecule has 0 N–H and O–H groups in total. The number of rotatable bonds is 3. The summed E-state index contributed by atoms with van der Waals surface area (Å²) in [5.41, 5.74) is 0. The first-order valence-electron chi connectivity index (χ1n) is 7.33. The molecule has 0 aromatic heterocycles. The van der Waals surface area contributed by atoms with Crippen LogP contribution in [0.15, 0.2) is 0 Å². The van der Waals surface area contributed by atoms with Crippen LogP contribution in [0.4, 0.5) is 0 Å². The van der Waals surface area contributed by atoms with Crippen LogP contribution in [0.1, 0.15) is 59.8 Å². The van der Waals surface area contributed by atoms with Gasteiger partial charge in [0.05, 0.1) is 6.04 Å². The zero-order valence-corrected chi connectivity index (χ0v) is 11.8. The highest BCUT2D eigenvalue weighted by atomic mass is 16.1. The summed E-state index contributed by atoms with van der Waals surface area (Å²) >= 11 is 0. The summed E-state index contributed by atoms with van der Waals surface area (Å²) in [6, 6.07) is 1.41. The van der Waals surface area contributed by atoms with E-state index in [-0.39, 0.29) is 12.0 Å². The smallest absolute Gasteiger partial charge is 0.152 e. The van der Waals surface area contributed by atoms with Crippen LogP contribution < -0.4 is 0 Å². The van der Waals surface area contributed by atoms with Gasteiger partial charge in [0.15, 0.2) is 5.78 Å². The lowest BCUT2D eigenvalue weighted by atomic mass is 9.84. The average molecular weight is 237 g/mol. The van der Waals surface area contributed by atoms with Crippen molar-refractivity contribution in [3.05, 3.63) is 0 Å². The number of likely N-dealkylation sites (tertiary alicyclic amines) is 1. The molecule has 0 spiro atoms. The molecule has 0 radical (unpaired) electrons. The molecule has 0 aromatic rings. The molecule has 17 heavy (non-hydrogen) atoms. The maximum atomic E-state index is 12.4. The third-order valence-corrected chi connectivity index (χ3v) is 4.63. The van der Waals surface area contributed by atoms with Crippen molar-refractivity contribution in [1.82, 2.24) is 4.90 Å². The van der Waals surface area contributed by atoms with Crippen LogP contribution in [0, 0.1) is 11.8 Å². The number of carbonyl (C=O) groups excluding carboxylic acids is 1. The van der Waals surface area contributed by atoms with Gasteiger partial charge in [-0.2, -0.15) is 0 Å². The monoisotopic (exact) mass is 237 g/mol. The van der Waals surface area contributed by atoms with Gasteiger partial charge in [-0.15, -0.1) is 0 Å². The fourth-order valence-electron chi connectivity index (χ4n) is 3.89. The Bertz CT molecular complexity index is 285. The van der Waals surface area contributed by atoms with Crippen molar-refractivity contribution >= 4 is 5.78 Å². The quantitative estimate of drug-likeness (QED) is 0.751. The Hall–Kier alpha value is -0.370. The molecule has 2 fully saturated rings. The predicted octanol–water partition coefficient (Wildman–Crippen LogP) is 3.25. The van der Waals surface area contributed by atoms with E-state index in [0.29, 0.717) is 17.9 Å². The highest BCUT2D eigenvalue weighted by molar-refractivity contribution is 5.86. The van der Waals surface area contributed by atoms with Gasteiger partial charge in [-0.3, -0.25) is 9.69 Å². The lowest BCUT2D eigenvalue weighted by Crippen LogP contribution is -2.47. The molecule has 1 saturated heterocycles. The van der Waals surface area contributed by atoms with Crippen molar-refractivity contribution in [1.29, 1.82) is 0 Å². The summed E-state index contributed by atoms with van der Waals surface area (Å²) in [5.74, 6) is 1.44. The fourth-order valence-corrected chi connectivity index (χ4v) is 3.89. The Morgan fingerprint density at radius 3 is 2.35 bits per heavy atom. The van der Waals surface area contributed by atoms with E-state index >= 15 is 0 Å². The molecule has 1 aliphatic heterocycles. The fraction of sp³-hybridized carbons (Fsp3) is 0.933. The molecule has 98 valence electrons. The van der Waals surface area contributed by atoms with E-state index < -0.39 is 0 Å². The highest BCUT2D eigenvalue weighted by Crippen LogP contribution is 2.41. The van der Waals surface area contributed by atoms with Crippen molar-refractivity contribution in [2.75, 3.05) is 0 Å². The molecule has 2 heteroatoms. The molecule has 2 aliphatic rings. The second kappa shape index (κ2) is 5.09. The van der Waals surface area contributed by atoms with Crippen LogP contribution >= 0.6 is 0 Å². The summed E-state index contributed by atoms with van der Waals surface area (Å²) in [4.78, 5) is 14.9. The van der Waals surface area contributed by atoms with Crippen LogP contribution in [0.2, 0.25) is 0 Å². The summed E-state index contributed by atoms with van der Waals surface area (Å²) in [6.07, 6.45) is 6.50. The van der Waals surface area contributed by atoms with E-state index in [2.05, 4.69) is 18.7 Å². The summed E-state index contributed by atoms with van der Waals surface area (Å²) in [7, 11) is 0. The van der Waals surface area contributed by atoms with Crippen LogP contribution in [-0.2, 0) is 4.79 Å². The number of nitrogens with zero attached hydrogens (tertiary/aromatic N) is 1. The largest absolute Gasteiger partial charge is 0.298 e.